The summed E-state index contributed by atoms with van der Waals surface area (Å²) in [7, 11) is 0. The zero-order valence-electron chi connectivity index (χ0n) is 15.3. The van der Waals surface area contributed by atoms with Crippen molar-refractivity contribution in [2.75, 3.05) is 5.32 Å². The number of hydrogen-bond donors (Lipinski definition) is 2. The summed E-state index contributed by atoms with van der Waals surface area (Å²) in [6.07, 6.45) is 3.54. The molecule has 0 saturated heterocycles. The van der Waals surface area contributed by atoms with E-state index in [0.29, 0.717) is 15.7 Å². The zero-order valence-corrected chi connectivity index (χ0v) is 16.9. The molecule has 6 nitrogen and oxygen atoms in total. The number of amides is 1. The van der Waals surface area contributed by atoms with Crippen LogP contribution >= 0.6 is 22.9 Å². The average molecular weight is 412 g/mol. The van der Waals surface area contributed by atoms with Crippen molar-refractivity contribution in [2.45, 2.75) is 19.9 Å². The Kier molecular flexibility index (Phi) is 5.02. The number of nitrogens with one attached hydrogen (secondary N) is 2. The molecule has 0 unspecified atom stereocenters. The number of hydrogen-bond acceptors (Lipinski definition) is 5. The van der Waals surface area contributed by atoms with Crippen LogP contribution in [0.3, 0.4) is 0 Å². The lowest BCUT2D eigenvalue weighted by atomic mass is 10.3. The van der Waals surface area contributed by atoms with Gasteiger partial charge in [0.15, 0.2) is 0 Å². The smallest absolute Gasteiger partial charge is 0.261 e. The topological polar surface area (TPSA) is 71.8 Å². The monoisotopic (exact) mass is 411 g/mol. The van der Waals surface area contributed by atoms with Gasteiger partial charge in [0.05, 0.1) is 39.2 Å². The van der Waals surface area contributed by atoms with E-state index in [9.17, 15) is 4.79 Å². The minimum atomic E-state index is -0.0768. The van der Waals surface area contributed by atoms with Crippen LogP contribution in [0.25, 0.3) is 16.6 Å². The minimum Gasteiger partial charge on any atom is -0.349 e. The summed E-state index contributed by atoms with van der Waals surface area (Å²) in [4.78, 5) is 17.3. The number of rotatable bonds is 5. The molecule has 4 rings (SSSR count). The Hall–Kier alpha value is -2.90. The number of benzene rings is 1. The number of para-hydroxylation sites is 1. The highest BCUT2D eigenvalue weighted by Gasteiger charge is 2.13. The lowest BCUT2D eigenvalue weighted by Gasteiger charge is -2.07. The van der Waals surface area contributed by atoms with Crippen molar-refractivity contribution < 1.29 is 4.79 Å². The fourth-order valence-corrected chi connectivity index (χ4v) is 3.74. The van der Waals surface area contributed by atoms with Crippen molar-refractivity contribution in [1.29, 1.82) is 0 Å². The average Bonchev–Trinajstić information content (AvgIpc) is 3.29. The van der Waals surface area contributed by atoms with E-state index in [1.807, 2.05) is 55.6 Å². The molecule has 8 heteroatoms. The van der Waals surface area contributed by atoms with E-state index in [1.165, 1.54) is 11.3 Å². The van der Waals surface area contributed by atoms with E-state index in [0.717, 1.165) is 22.3 Å². The standard InChI is InChI=1S/C20H18ClN5OS/c1-12(2)24-20(27)18-8-14(11-28-18)26-17-10-22-19(7-13(17)9-23-26)25-16-6-4-3-5-15(16)21/h3-12H,1-2H3,(H,22,25)(H,24,27). The van der Waals surface area contributed by atoms with Gasteiger partial charge in [-0.25, -0.2) is 9.67 Å². The van der Waals surface area contributed by atoms with E-state index >= 15 is 0 Å². The maximum Gasteiger partial charge on any atom is 0.261 e. The summed E-state index contributed by atoms with van der Waals surface area (Å²) < 4.78 is 1.78. The molecule has 0 spiro atoms. The summed E-state index contributed by atoms with van der Waals surface area (Å²) in [5, 5.41) is 14.1. The number of fused-ring (bicyclic) bond motifs is 1. The van der Waals surface area contributed by atoms with E-state index < -0.39 is 0 Å². The van der Waals surface area contributed by atoms with Crippen molar-refractivity contribution in [2.24, 2.45) is 0 Å². The number of pyridine rings is 1. The molecule has 142 valence electrons. The summed E-state index contributed by atoms with van der Waals surface area (Å²) in [6, 6.07) is 11.4. The van der Waals surface area contributed by atoms with Crippen LogP contribution in [0.15, 0.2) is 54.2 Å². The maximum absolute atomic E-state index is 12.2. The number of anilines is 2. The highest BCUT2D eigenvalue weighted by molar-refractivity contribution is 7.12. The van der Waals surface area contributed by atoms with Crippen LogP contribution in [0.1, 0.15) is 23.5 Å². The molecule has 1 aromatic carbocycles. The summed E-state index contributed by atoms with van der Waals surface area (Å²) in [6.45, 7) is 3.88. The van der Waals surface area contributed by atoms with Gasteiger partial charge in [0, 0.05) is 16.8 Å². The lowest BCUT2D eigenvalue weighted by Crippen LogP contribution is -2.29. The second-order valence-corrected chi connectivity index (χ2v) is 7.91. The fraction of sp³-hybridized carbons (Fsp3) is 0.150. The highest BCUT2D eigenvalue weighted by atomic mass is 35.5. The van der Waals surface area contributed by atoms with Crippen molar-refractivity contribution in [1.82, 2.24) is 20.1 Å². The first-order chi connectivity index (χ1) is 13.5. The molecule has 2 N–H and O–H groups in total. The number of carbonyl (C=O) groups excluding carboxylic acids is 1. The Bertz CT molecular complexity index is 1150. The van der Waals surface area contributed by atoms with E-state index in [4.69, 9.17) is 11.6 Å². The first kappa shape index (κ1) is 18.5. The quantitative estimate of drug-likeness (QED) is 0.483. The van der Waals surface area contributed by atoms with Crippen LogP contribution in [-0.2, 0) is 0 Å². The van der Waals surface area contributed by atoms with Gasteiger partial charge in [-0.2, -0.15) is 5.10 Å². The summed E-state index contributed by atoms with van der Waals surface area (Å²) >= 11 is 7.59. The van der Waals surface area contributed by atoms with Gasteiger partial charge in [0.25, 0.3) is 5.91 Å². The Morgan fingerprint density at radius 1 is 1.21 bits per heavy atom. The maximum atomic E-state index is 12.2. The number of halogens is 1. The van der Waals surface area contributed by atoms with E-state index in [-0.39, 0.29) is 11.9 Å². The molecule has 4 aromatic rings. The SMILES string of the molecule is CC(C)NC(=O)c1cc(-n2ncc3cc(Nc4ccccc4Cl)ncc32)cs1. The molecular formula is C20H18ClN5OS. The Morgan fingerprint density at radius 2 is 2.04 bits per heavy atom. The fourth-order valence-electron chi connectivity index (χ4n) is 2.79. The molecule has 1 amide bonds. The zero-order chi connectivity index (χ0) is 19.7. The van der Waals surface area contributed by atoms with E-state index in [2.05, 4.69) is 20.7 Å². The second-order valence-electron chi connectivity index (χ2n) is 6.59. The van der Waals surface area contributed by atoms with Gasteiger partial charge in [0.2, 0.25) is 0 Å². The van der Waals surface area contributed by atoms with Gasteiger partial charge in [-0.15, -0.1) is 11.3 Å². The first-order valence-electron chi connectivity index (χ1n) is 8.76. The molecular weight excluding hydrogens is 394 g/mol. The Labute approximate surface area is 171 Å². The predicted molar refractivity (Wildman–Crippen MR) is 114 cm³/mol. The van der Waals surface area contributed by atoms with Crippen LogP contribution in [0.2, 0.25) is 5.02 Å². The molecule has 3 aromatic heterocycles. The molecule has 0 aliphatic carbocycles. The van der Waals surface area contributed by atoms with Crippen molar-refractivity contribution in [3.8, 4) is 5.69 Å². The van der Waals surface area contributed by atoms with Crippen LogP contribution < -0.4 is 10.6 Å². The van der Waals surface area contributed by atoms with Gasteiger partial charge in [-0.3, -0.25) is 4.79 Å². The summed E-state index contributed by atoms with van der Waals surface area (Å²) in [5.41, 5.74) is 2.49. The molecule has 3 heterocycles. The van der Waals surface area contributed by atoms with Crippen molar-refractivity contribution in [3.63, 3.8) is 0 Å². The van der Waals surface area contributed by atoms with Gasteiger partial charge in [0.1, 0.15) is 5.82 Å². The molecule has 0 atom stereocenters. The number of nitrogens with zero attached hydrogens (tertiary/aromatic N) is 3. The molecule has 0 saturated carbocycles. The number of aromatic nitrogens is 3. The third-order valence-electron chi connectivity index (χ3n) is 4.06. The summed E-state index contributed by atoms with van der Waals surface area (Å²) in [5.74, 6) is 0.606. The predicted octanol–water partition coefficient (Wildman–Crippen LogP) is 5.02. The second kappa shape index (κ2) is 7.61. The molecule has 0 aliphatic heterocycles. The Balaban J connectivity index is 1.61. The van der Waals surface area contributed by atoms with Crippen LogP contribution in [0, 0.1) is 0 Å². The minimum absolute atomic E-state index is 0.0768. The molecule has 28 heavy (non-hydrogen) atoms. The van der Waals surface area contributed by atoms with Gasteiger partial charge in [-0.1, -0.05) is 23.7 Å². The van der Waals surface area contributed by atoms with Crippen molar-refractivity contribution >= 4 is 51.3 Å². The third kappa shape index (κ3) is 3.72. The van der Waals surface area contributed by atoms with Crippen LogP contribution in [0.4, 0.5) is 11.5 Å². The van der Waals surface area contributed by atoms with E-state index in [1.54, 1.807) is 17.1 Å². The lowest BCUT2D eigenvalue weighted by molar-refractivity contribution is 0.0947. The molecule has 0 radical (unpaired) electrons. The third-order valence-corrected chi connectivity index (χ3v) is 5.31. The Morgan fingerprint density at radius 3 is 2.82 bits per heavy atom. The number of carbonyl (C=O) groups is 1. The van der Waals surface area contributed by atoms with Gasteiger partial charge in [-0.05, 0) is 38.1 Å². The first-order valence-corrected chi connectivity index (χ1v) is 10.0. The number of thiophene rings is 1. The molecule has 0 aliphatic rings. The largest absolute Gasteiger partial charge is 0.349 e. The van der Waals surface area contributed by atoms with Crippen LogP contribution in [-0.4, -0.2) is 26.7 Å². The van der Waals surface area contributed by atoms with Crippen LogP contribution in [0.5, 0.6) is 0 Å². The highest BCUT2D eigenvalue weighted by Crippen LogP contribution is 2.27. The van der Waals surface area contributed by atoms with Gasteiger partial charge < -0.3 is 10.6 Å². The molecule has 0 fully saturated rings. The van der Waals surface area contributed by atoms with Crippen molar-refractivity contribution in [3.05, 3.63) is 64.1 Å². The molecule has 0 bridgehead atoms. The van der Waals surface area contributed by atoms with Gasteiger partial charge >= 0.3 is 0 Å². The normalized spacial score (nSPS) is 11.1.